The van der Waals surface area contributed by atoms with Crippen molar-refractivity contribution < 1.29 is 4.79 Å². The van der Waals surface area contributed by atoms with E-state index in [2.05, 4.69) is 10.6 Å². The average Bonchev–Trinajstić information content (AvgIpc) is 2.64. The maximum Gasteiger partial charge on any atom is 0.136 e. The Labute approximate surface area is 162 Å². The van der Waals surface area contributed by atoms with E-state index in [0.29, 0.717) is 47.1 Å². The van der Waals surface area contributed by atoms with E-state index in [1.165, 1.54) is 0 Å². The van der Waals surface area contributed by atoms with Crippen LogP contribution < -0.4 is 10.6 Å². The highest BCUT2D eigenvalue weighted by atomic mass is 35.5. The van der Waals surface area contributed by atoms with Gasteiger partial charge in [-0.3, -0.25) is 4.79 Å². The summed E-state index contributed by atoms with van der Waals surface area (Å²) in [6.45, 7) is 0.954. The summed E-state index contributed by atoms with van der Waals surface area (Å²) in [6, 6.07) is 14.2. The number of nitrogens with zero attached hydrogens (tertiary/aromatic N) is 2. The molecule has 2 aromatic rings. The molecular formula is C19H16Cl2N4O. The summed E-state index contributed by atoms with van der Waals surface area (Å²) in [7, 11) is 0. The quantitative estimate of drug-likeness (QED) is 0.691. The molecule has 0 aliphatic rings. The largest absolute Gasteiger partial charge is 0.385 e. The van der Waals surface area contributed by atoms with E-state index in [9.17, 15) is 4.79 Å². The number of Topliss-reactive ketones (excluding diaryl/α,β-unsaturated/α-hetero) is 1. The van der Waals surface area contributed by atoms with Crippen LogP contribution in [0.5, 0.6) is 0 Å². The summed E-state index contributed by atoms with van der Waals surface area (Å²) in [5.74, 6) is 0.106. The Kier molecular flexibility index (Phi) is 7.29. The third-order valence-electron chi connectivity index (χ3n) is 3.64. The molecule has 0 aliphatic carbocycles. The summed E-state index contributed by atoms with van der Waals surface area (Å²) >= 11 is 11.8. The number of carbonyl (C=O) groups is 1. The molecule has 0 heterocycles. The number of hydrogen-bond acceptors (Lipinski definition) is 5. The van der Waals surface area contributed by atoms with Gasteiger partial charge in [0.05, 0.1) is 21.2 Å². The van der Waals surface area contributed by atoms with Crippen LogP contribution in [0.2, 0.25) is 10.0 Å². The highest BCUT2D eigenvalue weighted by Gasteiger charge is 2.05. The van der Waals surface area contributed by atoms with Crippen LogP contribution in [0.3, 0.4) is 0 Å². The van der Waals surface area contributed by atoms with Crippen molar-refractivity contribution in [3.8, 4) is 12.1 Å². The first-order valence-corrected chi connectivity index (χ1v) is 8.68. The molecule has 0 fully saturated rings. The van der Waals surface area contributed by atoms with Gasteiger partial charge in [0.1, 0.15) is 17.9 Å². The first-order chi connectivity index (χ1) is 12.5. The number of hydrogen-bond donors (Lipinski definition) is 2. The van der Waals surface area contributed by atoms with Crippen molar-refractivity contribution in [3.05, 3.63) is 57.6 Å². The Morgan fingerprint density at radius 1 is 0.846 bits per heavy atom. The van der Waals surface area contributed by atoms with Gasteiger partial charge in [-0.05, 0) is 36.4 Å². The Morgan fingerprint density at radius 2 is 1.27 bits per heavy atom. The zero-order valence-corrected chi connectivity index (χ0v) is 15.4. The monoisotopic (exact) mass is 386 g/mol. The van der Waals surface area contributed by atoms with Gasteiger partial charge in [-0.1, -0.05) is 23.2 Å². The van der Waals surface area contributed by atoms with Crippen molar-refractivity contribution in [3.63, 3.8) is 0 Å². The topological polar surface area (TPSA) is 88.7 Å². The van der Waals surface area contributed by atoms with Crippen LogP contribution in [0.1, 0.15) is 24.0 Å². The molecule has 132 valence electrons. The van der Waals surface area contributed by atoms with Gasteiger partial charge in [0.15, 0.2) is 0 Å². The van der Waals surface area contributed by atoms with E-state index in [-0.39, 0.29) is 5.78 Å². The lowest BCUT2D eigenvalue weighted by Gasteiger charge is -2.08. The molecule has 0 aromatic heterocycles. The second-order valence-corrected chi connectivity index (χ2v) is 6.32. The highest BCUT2D eigenvalue weighted by Crippen LogP contribution is 2.20. The third kappa shape index (κ3) is 5.67. The lowest BCUT2D eigenvalue weighted by Crippen LogP contribution is -2.13. The van der Waals surface area contributed by atoms with Gasteiger partial charge in [-0.25, -0.2) is 0 Å². The maximum absolute atomic E-state index is 12.0. The molecule has 2 rings (SSSR count). The first-order valence-electron chi connectivity index (χ1n) is 7.92. The molecule has 0 amide bonds. The van der Waals surface area contributed by atoms with Crippen LogP contribution in [-0.2, 0) is 4.79 Å². The Morgan fingerprint density at radius 3 is 1.65 bits per heavy atom. The zero-order chi connectivity index (χ0) is 18.9. The lowest BCUT2D eigenvalue weighted by molar-refractivity contribution is -0.118. The van der Waals surface area contributed by atoms with Crippen molar-refractivity contribution >= 4 is 40.4 Å². The molecule has 0 saturated carbocycles. The van der Waals surface area contributed by atoms with Gasteiger partial charge in [-0.15, -0.1) is 0 Å². The van der Waals surface area contributed by atoms with Crippen LogP contribution in [-0.4, -0.2) is 18.9 Å². The first kappa shape index (κ1) is 19.6. The molecule has 2 N–H and O–H groups in total. The molecule has 0 bridgehead atoms. The minimum Gasteiger partial charge on any atom is -0.385 e. The summed E-state index contributed by atoms with van der Waals surface area (Å²) < 4.78 is 0. The molecule has 7 heteroatoms. The SMILES string of the molecule is N#Cc1cc(NCCC(=O)CCNc2ccc(Cl)c(C#N)c2)ccc1Cl. The second-order valence-electron chi connectivity index (χ2n) is 5.51. The standard InChI is InChI=1S/C19H16Cl2N4O/c20-18-3-1-15(9-13(18)11-22)24-7-5-17(26)6-8-25-16-2-4-19(21)14(10-16)12-23/h1-4,9-10,24-25H,5-8H2. The van der Waals surface area contributed by atoms with Crippen LogP contribution in [0.4, 0.5) is 11.4 Å². The molecule has 0 unspecified atom stereocenters. The number of rotatable bonds is 8. The van der Waals surface area contributed by atoms with E-state index in [0.717, 1.165) is 11.4 Å². The molecule has 0 atom stereocenters. The molecule has 0 aliphatic heterocycles. The molecule has 0 spiro atoms. The van der Waals surface area contributed by atoms with Crippen molar-refractivity contribution in [2.24, 2.45) is 0 Å². The number of benzene rings is 2. The van der Waals surface area contributed by atoms with Crippen molar-refractivity contribution in [1.29, 1.82) is 10.5 Å². The maximum atomic E-state index is 12.0. The number of halogens is 2. The van der Waals surface area contributed by atoms with Crippen LogP contribution in [0.15, 0.2) is 36.4 Å². The van der Waals surface area contributed by atoms with E-state index in [4.69, 9.17) is 33.7 Å². The van der Waals surface area contributed by atoms with E-state index < -0.39 is 0 Å². The molecule has 0 saturated heterocycles. The van der Waals surface area contributed by atoms with Gasteiger partial charge in [0, 0.05) is 37.3 Å². The predicted molar refractivity (Wildman–Crippen MR) is 104 cm³/mol. The number of carbonyl (C=O) groups excluding carboxylic acids is 1. The molecule has 5 nitrogen and oxygen atoms in total. The highest BCUT2D eigenvalue weighted by molar-refractivity contribution is 6.32. The fourth-order valence-electron chi connectivity index (χ4n) is 2.26. The smallest absolute Gasteiger partial charge is 0.136 e. The number of anilines is 2. The molecule has 2 aromatic carbocycles. The molecular weight excluding hydrogens is 371 g/mol. The van der Waals surface area contributed by atoms with Crippen LogP contribution in [0, 0.1) is 22.7 Å². The zero-order valence-electron chi connectivity index (χ0n) is 13.9. The Balaban J connectivity index is 1.73. The van der Waals surface area contributed by atoms with Gasteiger partial charge in [-0.2, -0.15) is 10.5 Å². The normalized spacial score (nSPS) is 9.85. The average molecular weight is 387 g/mol. The third-order valence-corrected chi connectivity index (χ3v) is 4.30. The van der Waals surface area contributed by atoms with Gasteiger partial charge < -0.3 is 10.6 Å². The van der Waals surface area contributed by atoms with E-state index >= 15 is 0 Å². The van der Waals surface area contributed by atoms with E-state index in [1.807, 2.05) is 12.1 Å². The van der Waals surface area contributed by atoms with Gasteiger partial charge in [0.25, 0.3) is 0 Å². The minimum absolute atomic E-state index is 0.106. The summed E-state index contributed by atoms with van der Waals surface area (Å²) in [5, 5.41) is 24.9. The Bertz CT molecular complexity index is 813. The van der Waals surface area contributed by atoms with Crippen LogP contribution in [0.25, 0.3) is 0 Å². The van der Waals surface area contributed by atoms with Gasteiger partial charge >= 0.3 is 0 Å². The lowest BCUT2D eigenvalue weighted by atomic mass is 10.2. The summed E-state index contributed by atoms with van der Waals surface area (Å²) in [5.41, 5.74) is 2.29. The molecule has 26 heavy (non-hydrogen) atoms. The van der Waals surface area contributed by atoms with E-state index in [1.54, 1.807) is 36.4 Å². The number of ketones is 1. The minimum atomic E-state index is 0.106. The fourth-order valence-corrected chi connectivity index (χ4v) is 2.58. The summed E-state index contributed by atoms with van der Waals surface area (Å²) in [4.78, 5) is 12.0. The summed E-state index contributed by atoms with van der Waals surface area (Å²) in [6.07, 6.45) is 0.743. The Hall–Kier alpha value is -2.73. The van der Waals surface area contributed by atoms with Crippen molar-refractivity contribution in [2.75, 3.05) is 23.7 Å². The fraction of sp³-hybridized carbons (Fsp3) is 0.211. The number of nitrogens with one attached hydrogen (secondary N) is 2. The molecule has 0 radical (unpaired) electrons. The second kappa shape index (κ2) is 9.68. The van der Waals surface area contributed by atoms with Gasteiger partial charge in [0.2, 0.25) is 0 Å². The number of nitriles is 2. The van der Waals surface area contributed by atoms with Crippen molar-refractivity contribution in [2.45, 2.75) is 12.8 Å². The van der Waals surface area contributed by atoms with Crippen LogP contribution >= 0.6 is 23.2 Å². The predicted octanol–water partition coefficient (Wildman–Crippen LogP) is 4.61. The van der Waals surface area contributed by atoms with Crippen molar-refractivity contribution in [1.82, 2.24) is 0 Å².